The van der Waals surface area contributed by atoms with Gasteiger partial charge in [-0.15, -0.1) is 0 Å². The Morgan fingerprint density at radius 1 is 1.57 bits per heavy atom. The summed E-state index contributed by atoms with van der Waals surface area (Å²) >= 11 is 0. The monoisotopic (exact) mass is 101 g/mol. The smallest absolute Gasteiger partial charge is 0.0712 e. The summed E-state index contributed by atoms with van der Waals surface area (Å²) in [5.74, 6) is 0. The van der Waals surface area contributed by atoms with Gasteiger partial charge in [0.05, 0.1) is 6.10 Å². The van der Waals surface area contributed by atoms with Gasteiger partial charge in [-0.25, -0.2) is 0 Å². The molecule has 0 bridgehead atoms. The molecule has 0 aliphatic heterocycles. The highest BCUT2D eigenvalue weighted by Crippen LogP contribution is 2.24. The molecule has 7 heavy (non-hydrogen) atoms. The number of likely N-dealkylation sites (N-methyl/N-ethyl adjacent to an activating group) is 1. The fraction of sp³-hybridized carbons (Fsp3) is 1.00. The van der Waals surface area contributed by atoms with Crippen LogP contribution in [0.2, 0.25) is 0 Å². The summed E-state index contributed by atoms with van der Waals surface area (Å²) in [5, 5.41) is 8.76. The molecular formula is C5H11NO. The Morgan fingerprint density at radius 3 is 2.00 bits per heavy atom. The first-order valence-corrected chi connectivity index (χ1v) is 2.56. The third-order valence-corrected chi connectivity index (χ3v) is 1.39. The second-order valence-electron chi connectivity index (χ2n) is 2.33. The van der Waals surface area contributed by atoms with Gasteiger partial charge in [0, 0.05) is 6.04 Å². The lowest BCUT2D eigenvalue weighted by Gasteiger charge is -2.04. The molecular weight excluding hydrogens is 90.1 g/mol. The lowest BCUT2D eigenvalue weighted by atomic mass is 10.6. The van der Waals surface area contributed by atoms with Crippen LogP contribution < -0.4 is 0 Å². The van der Waals surface area contributed by atoms with E-state index in [4.69, 9.17) is 5.11 Å². The van der Waals surface area contributed by atoms with Gasteiger partial charge in [0.2, 0.25) is 0 Å². The minimum absolute atomic E-state index is 0.0324. The maximum absolute atomic E-state index is 8.76. The highest BCUT2D eigenvalue weighted by Gasteiger charge is 2.36. The van der Waals surface area contributed by atoms with Crippen LogP contribution in [0.25, 0.3) is 0 Å². The normalized spacial score (nSPS) is 39.4. The molecule has 0 aromatic carbocycles. The number of hydrogen-bond acceptors (Lipinski definition) is 2. The van der Waals surface area contributed by atoms with E-state index in [2.05, 4.69) is 0 Å². The van der Waals surface area contributed by atoms with Crippen LogP contribution in [-0.2, 0) is 0 Å². The molecule has 2 nitrogen and oxygen atoms in total. The molecule has 0 radical (unpaired) electrons. The van der Waals surface area contributed by atoms with E-state index < -0.39 is 0 Å². The van der Waals surface area contributed by atoms with Gasteiger partial charge in [0.15, 0.2) is 0 Å². The molecule has 0 aromatic rings. The van der Waals surface area contributed by atoms with E-state index in [0.29, 0.717) is 6.04 Å². The van der Waals surface area contributed by atoms with E-state index in [1.807, 2.05) is 19.0 Å². The van der Waals surface area contributed by atoms with Crippen LogP contribution in [0.3, 0.4) is 0 Å². The molecule has 0 aromatic heterocycles. The van der Waals surface area contributed by atoms with Gasteiger partial charge in [-0.1, -0.05) is 0 Å². The molecule has 1 aliphatic rings. The van der Waals surface area contributed by atoms with Gasteiger partial charge < -0.3 is 10.0 Å². The predicted molar refractivity (Wildman–Crippen MR) is 28.1 cm³/mol. The molecule has 2 heteroatoms. The summed E-state index contributed by atoms with van der Waals surface area (Å²) < 4.78 is 0. The Balaban J connectivity index is 2.20. The third-order valence-electron chi connectivity index (χ3n) is 1.39. The Hall–Kier alpha value is -0.0800. The van der Waals surface area contributed by atoms with Crippen molar-refractivity contribution < 1.29 is 5.11 Å². The summed E-state index contributed by atoms with van der Waals surface area (Å²) in [6, 6.07) is 0.458. The molecule has 1 fully saturated rings. The van der Waals surface area contributed by atoms with Crippen molar-refractivity contribution in [3.05, 3.63) is 0 Å². The average molecular weight is 101 g/mol. The largest absolute Gasteiger partial charge is 0.391 e. The highest BCUT2D eigenvalue weighted by atomic mass is 16.3. The summed E-state index contributed by atoms with van der Waals surface area (Å²) in [6.07, 6.45) is 0.933. The van der Waals surface area contributed by atoms with Crippen molar-refractivity contribution in [3.63, 3.8) is 0 Å². The van der Waals surface area contributed by atoms with E-state index in [1.165, 1.54) is 0 Å². The number of aliphatic hydroxyl groups is 1. The summed E-state index contributed by atoms with van der Waals surface area (Å²) in [4.78, 5) is 2.05. The lowest BCUT2D eigenvalue weighted by Crippen LogP contribution is -2.17. The van der Waals surface area contributed by atoms with Crippen molar-refractivity contribution in [2.24, 2.45) is 0 Å². The number of nitrogens with zero attached hydrogens (tertiary/aromatic N) is 1. The summed E-state index contributed by atoms with van der Waals surface area (Å²) in [7, 11) is 3.97. The Bertz CT molecular complexity index is 72.5. The van der Waals surface area contributed by atoms with Crippen LogP contribution in [-0.4, -0.2) is 36.2 Å². The third kappa shape index (κ3) is 0.924. The van der Waals surface area contributed by atoms with Gasteiger partial charge >= 0.3 is 0 Å². The molecule has 1 aliphatic carbocycles. The number of hydrogen-bond donors (Lipinski definition) is 1. The first-order chi connectivity index (χ1) is 3.22. The van der Waals surface area contributed by atoms with Gasteiger partial charge in [-0.05, 0) is 20.5 Å². The average Bonchev–Trinajstić information content (AvgIpc) is 2.17. The first kappa shape index (κ1) is 5.06. The van der Waals surface area contributed by atoms with Crippen molar-refractivity contribution in [1.29, 1.82) is 0 Å². The van der Waals surface area contributed by atoms with Crippen molar-refractivity contribution >= 4 is 0 Å². The van der Waals surface area contributed by atoms with E-state index >= 15 is 0 Å². The summed E-state index contributed by atoms with van der Waals surface area (Å²) in [6.45, 7) is 0. The molecule has 0 unspecified atom stereocenters. The highest BCUT2D eigenvalue weighted by molar-refractivity contribution is 4.92. The predicted octanol–water partition coefficient (Wildman–Crippen LogP) is -0.319. The molecule has 2 atom stereocenters. The first-order valence-electron chi connectivity index (χ1n) is 2.56. The maximum Gasteiger partial charge on any atom is 0.0712 e. The van der Waals surface area contributed by atoms with E-state index in [9.17, 15) is 0 Å². The van der Waals surface area contributed by atoms with Crippen molar-refractivity contribution in [3.8, 4) is 0 Å². The molecule has 0 spiro atoms. The quantitative estimate of drug-likeness (QED) is 0.489. The molecule has 1 saturated carbocycles. The van der Waals surface area contributed by atoms with Gasteiger partial charge in [-0.3, -0.25) is 0 Å². The van der Waals surface area contributed by atoms with Gasteiger partial charge in [0.1, 0.15) is 0 Å². The Morgan fingerprint density at radius 2 is 2.00 bits per heavy atom. The maximum atomic E-state index is 8.76. The van der Waals surface area contributed by atoms with Crippen LogP contribution in [0.1, 0.15) is 6.42 Å². The second kappa shape index (κ2) is 1.46. The van der Waals surface area contributed by atoms with Crippen LogP contribution in [0, 0.1) is 0 Å². The van der Waals surface area contributed by atoms with Gasteiger partial charge in [0.25, 0.3) is 0 Å². The molecule has 1 N–H and O–H groups in total. The minimum atomic E-state index is -0.0324. The zero-order valence-electron chi connectivity index (χ0n) is 4.76. The van der Waals surface area contributed by atoms with E-state index in [1.54, 1.807) is 0 Å². The number of rotatable bonds is 1. The Labute approximate surface area is 43.7 Å². The van der Waals surface area contributed by atoms with Crippen LogP contribution in [0.5, 0.6) is 0 Å². The SMILES string of the molecule is CN(C)[C@@H]1C[C@H]1O. The zero-order valence-corrected chi connectivity index (χ0v) is 4.76. The summed E-state index contributed by atoms with van der Waals surface area (Å²) in [5.41, 5.74) is 0. The topological polar surface area (TPSA) is 23.5 Å². The van der Waals surface area contributed by atoms with E-state index in [0.717, 1.165) is 6.42 Å². The number of aliphatic hydroxyl groups excluding tert-OH is 1. The van der Waals surface area contributed by atoms with Crippen LogP contribution in [0.4, 0.5) is 0 Å². The van der Waals surface area contributed by atoms with Crippen molar-refractivity contribution in [2.75, 3.05) is 14.1 Å². The lowest BCUT2D eigenvalue weighted by molar-refractivity contribution is 0.231. The van der Waals surface area contributed by atoms with Crippen molar-refractivity contribution in [2.45, 2.75) is 18.6 Å². The van der Waals surface area contributed by atoms with Crippen LogP contribution in [0.15, 0.2) is 0 Å². The van der Waals surface area contributed by atoms with Crippen LogP contribution >= 0.6 is 0 Å². The van der Waals surface area contributed by atoms with E-state index in [-0.39, 0.29) is 6.10 Å². The second-order valence-corrected chi connectivity index (χ2v) is 2.33. The molecule has 42 valence electrons. The fourth-order valence-corrected chi connectivity index (χ4v) is 0.724. The molecule has 1 rings (SSSR count). The molecule has 0 amide bonds. The zero-order chi connectivity index (χ0) is 5.44. The molecule has 0 heterocycles. The standard InChI is InChI=1S/C5H11NO/c1-6(2)4-3-5(4)7/h4-5,7H,3H2,1-2H3/t4-,5-/m1/s1. The Kier molecular flexibility index (Phi) is 1.05. The fourth-order valence-electron chi connectivity index (χ4n) is 0.724. The molecule has 0 saturated heterocycles. The van der Waals surface area contributed by atoms with Crippen molar-refractivity contribution in [1.82, 2.24) is 4.90 Å². The van der Waals surface area contributed by atoms with Gasteiger partial charge in [-0.2, -0.15) is 0 Å². The minimum Gasteiger partial charge on any atom is -0.391 e.